The highest BCUT2D eigenvalue weighted by molar-refractivity contribution is 7.12. The van der Waals surface area contributed by atoms with Gasteiger partial charge in [-0.2, -0.15) is 9.90 Å². The maximum atomic E-state index is 13.1. The van der Waals surface area contributed by atoms with Crippen LogP contribution in [0.3, 0.4) is 0 Å². The predicted molar refractivity (Wildman–Crippen MR) is 112 cm³/mol. The van der Waals surface area contributed by atoms with Crippen LogP contribution in [0.5, 0.6) is 0 Å². The van der Waals surface area contributed by atoms with Crippen LogP contribution >= 0.6 is 11.3 Å². The summed E-state index contributed by atoms with van der Waals surface area (Å²) in [7, 11) is 0. The van der Waals surface area contributed by atoms with Crippen LogP contribution in [0.15, 0.2) is 69.7 Å². The van der Waals surface area contributed by atoms with Gasteiger partial charge in [0.1, 0.15) is 18.3 Å². The second kappa shape index (κ2) is 7.68. The first-order valence-corrected chi connectivity index (χ1v) is 10.4. The summed E-state index contributed by atoms with van der Waals surface area (Å²) in [6.07, 6.45) is 2.20. The van der Waals surface area contributed by atoms with Gasteiger partial charge in [0.15, 0.2) is 0 Å². The molecule has 0 N–H and O–H groups in total. The van der Waals surface area contributed by atoms with E-state index >= 15 is 0 Å². The number of carbonyl (C=O) groups excluding carboxylic acids is 1. The Morgan fingerprint density at radius 3 is 2.87 bits per heavy atom. The number of hydrogen-bond donors (Lipinski definition) is 0. The first-order chi connectivity index (χ1) is 14.7. The molecule has 0 radical (unpaired) electrons. The number of benzene rings is 1. The van der Waals surface area contributed by atoms with Gasteiger partial charge in [0.2, 0.25) is 5.82 Å². The van der Waals surface area contributed by atoms with E-state index < -0.39 is 0 Å². The largest absolute Gasteiger partial charge is 0.467 e. The summed E-state index contributed by atoms with van der Waals surface area (Å²) < 4.78 is 5.57. The summed E-state index contributed by atoms with van der Waals surface area (Å²) >= 11 is 1.60. The van der Waals surface area contributed by atoms with Crippen molar-refractivity contribution in [2.24, 2.45) is 5.10 Å². The third-order valence-corrected chi connectivity index (χ3v) is 5.88. The van der Waals surface area contributed by atoms with Gasteiger partial charge >= 0.3 is 0 Å². The molecular weight excluding hydrogens is 400 g/mol. The lowest BCUT2D eigenvalue weighted by molar-refractivity contribution is -0.134. The van der Waals surface area contributed by atoms with E-state index in [1.807, 2.05) is 60.8 Å². The fourth-order valence-corrected chi connectivity index (χ4v) is 4.19. The lowest BCUT2D eigenvalue weighted by Crippen LogP contribution is -2.31. The van der Waals surface area contributed by atoms with Crippen molar-refractivity contribution in [3.63, 3.8) is 0 Å². The van der Waals surface area contributed by atoms with Gasteiger partial charge in [0.25, 0.3) is 5.91 Å². The highest BCUT2D eigenvalue weighted by Crippen LogP contribution is 2.34. The van der Waals surface area contributed by atoms with Gasteiger partial charge < -0.3 is 4.42 Å². The van der Waals surface area contributed by atoms with Crippen molar-refractivity contribution < 1.29 is 9.21 Å². The number of aryl methyl sites for hydroxylation is 1. The van der Waals surface area contributed by atoms with E-state index in [0.717, 1.165) is 21.7 Å². The topological polar surface area (TPSA) is 89.4 Å². The van der Waals surface area contributed by atoms with E-state index in [2.05, 4.69) is 20.5 Å². The minimum Gasteiger partial charge on any atom is -0.467 e. The van der Waals surface area contributed by atoms with Gasteiger partial charge in [-0.3, -0.25) is 4.79 Å². The van der Waals surface area contributed by atoms with Crippen molar-refractivity contribution in [2.45, 2.75) is 25.9 Å². The van der Waals surface area contributed by atoms with Crippen molar-refractivity contribution >= 4 is 23.0 Å². The van der Waals surface area contributed by atoms with Crippen LogP contribution in [0.1, 0.15) is 28.7 Å². The summed E-state index contributed by atoms with van der Waals surface area (Å²) in [5.41, 5.74) is 2.81. The Bertz CT molecular complexity index is 1200. The smallest absolute Gasteiger partial charge is 0.267 e. The molecule has 1 atom stereocenters. The molecule has 150 valence electrons. The lowest BCUT2D eigenvalue weighted by atomic mass is 10.1. The number of amides is 1. The minimum atomic E-state index is -0.288. The molecule has 1 unspecified atom stereocenters. The Morgan fingerprint density at radius 1 is 1.20 bits per heavy atom. The quantitative estimate of drug-likeness (QED) is 0.493. The molecule has 1 aliphatic heterocycles. The molecule has 0 spiro atoms. The molecule has 8 nitrogen and oxygen atoms in total. The van der Waals surface area contributed by atoms with E-state index in [1.54, 1.807) is 17.6 Å². The van der Waals surface area contributed by atoms with Crippen molar-refractivity contribution in [1.29, 1.82) is 0 Å². The summed E-state index contributed by atoms with van der Waals surface area (Å²) in [6.45, 7) is 1.93. The van der Waals surface area contributed by atoms with Crippen LogP contribution in [-0.4, -0.2) is 36.8 Å². The van der Waals surface area contributed by atoms with Gasteiger partial charge in [0.05, 0.1) is 16.9 Å². The van der Waals surface area contributed by atoms with E-state index in [4.69, 9.17) is 4.42 Å². The third-order valence-electron chi connectivity index (χ3n) is 4.96. The molecule has 9 heteroatoms. The fourth-order valence-electron chi connectivity index (χ4n) is 3.47. The summed E-state index contributed by atoms with van der Waals surface area (Å²) in [5.74, 6) is 0.968. The van der Waals surface area contributed by atoms with Gasteiger partial charge in [0, 0.05) is 12.0 Å². The summed E-state index contributed by atoms with van der Waals surface area (Å²) in [6, 6.07) is 15.2. The van der Waals surface area contributed by atoms with Crippen LogP contribution in [-0.2, 0) is 11.3 Å². The molecule has 0 aliphatic carbocycles. The number of hydrazone groups is 1. The summed E-state index contributed by atoms with van der Waals surface area (Å²) in [4.78, 5) is 15.5. The van der Waals surface area contributed by atoms with Gasteiger partial charge in [-0.1, -0.05) is 30.3 Å². The number of rotatable bonds is 5. The Morgan fingerprint density at radius 2 is 2.10 bits per heavy atom. The monoisotopic (exact) mass is 418 g/mol. The molecule has 4 heterocycles. The Balaban J connectivity index is 1.39. The van der Waals surface area contributed by atoms with Crippen LogP contribution in [0, 0.1) is 6.92 Å². The van der Waals surface area contributed by atoms with Crippen LogP contribution < -0.4 is 0 Å². The summed E-state index contributed by atoms with van der Waals surface area (Å²) in [5, 5.41) is 20.6. The van der Waals surface area contributed by atoms with Gasteiger partial charge in [-0.25, -0.2) is 5.01 Å². The molecule has 0 saturated heterocycles. The van der Waals surface area contributed by atoms with Crippen LogP contribution in [0.2, 0.25) is 0 Å². The Labute approximate surface area is 176 Å². The molecular formula is C21H18N6O2S. The maximum absolute atomic E-state index is 13.1. The number of thiophene rings is 1. The number of furan rings is 1. The van der Waals surface area contributed by atoms with Crippen molar-refractivity contribution in [3.05, 3.63) is 76.4 Å². The molecule has 0 bridgehead atoms. The molecule has 1 aromatic carbocycles. The zero-order valence-corrected chi connectivity index (χ0v) is 17.0. The first kappa shape index (κ1) is 18.4. The van der Waals surface area contributed by atoms with E-state index in [1.165, 1.54) is 9.81 Å². The average Bonchev–Trinajstić information content (AvgIpc) is 3.54. The number of carbonyl (C=O) groups is 1. The fraction of sp³-hybridized carbons (Fsp3) is 0.190. The second-order valence-electron chi connectivity index (χ2n) is 6.96. The SMILES string of the molecule is Cc1ccccc1-c1nnn(CC(=O)N2N=C(c3cccs3)CC2c2ccco2)n1. The first-order valence-electron chi connectivity index (χ1n) is 9.49. The molecule has 1 amide bonds. The molecule has 4 aromatic rings. The van der Waals surface area contributed by atoms with E-state index in [0.29, 0.717) is 18.0 Å². The van der Waals surface area contributed by atoms with Gasteiger partial charge in [-0.15, -0.1) is 21.5 Å². The zero-order valence-electron chi connectivity index (χ0n) is 16.2. The van der Waals surface area contributed by atoms with E-state index in [-0.39, 0.29) is 18.5 Å². The number of nitrogens with zero attached hydrogens (tertiary/aromatic N) is 6. The molecule has 30 heavy (non-hydrogen) atoms. The number of hydrogen-bond acceptors (Lipinski definition) is 7. The molecule has 0 fully saturated rings. The molecule has 0 saturated carbocycles. The highest BCUT2D eigenvalue weighted by Gasteiger charge is 2.35. The zero-order chi connectivity index (χ0) is 20.5. The molecule has 5 rings (SSSR count). The standard InChI is InChI=1S/C21H18N6O2S/c1-14-6-2-3-7-15(14)21-22-25-26(24-21)13-20(28)27-17(18-8-4-10-29-18)12-16(23-27)19-9-5-11-30-19/h2-11,17H,12-13H2,1H3. The second-order valence-corrected chi connectivity index (χ2v) is 7.90. The third kappa shape index (κ3) is 3.43. The Hall–Kier alpha value is -3.59. The van der Waals surface area contributed by atoms with Crippen LogP contribution in [0.4, 0.5) is 0 Å². The van der Waals surface area contributed by atoms with E-state index in [9.17, 15) is 4.79 Å². The van der Waals surface area contributed by atoms with Crippen LogP contribution in [0.25, 0.3) is 11.4 Å². The van der Waals surface area contributed by atoms with Crippen molar-refractivity contribution in [1.82, 2.24) is 25.2 Å². The maximum Gasteiger partial charge on any atom is 0.267 e. The number of aromatic nitrogens is 4. The normalized spacial score (nSPS) is 16.1. The number of tetrazole rings is 1. The van der Waals surface area contributed by atoms with Crippen molar-refractivity contribution in [3.8, 4) is 11.4 Å². The highest BCUT2D eigenvalue weighted by atomic mass is 32.1. The molecule has 1 aliphatic rings. The average molecular weight is 418 g/mol. The minimum absolute atomic E-state index is 0.0582. The Kier molecular flexibility index (Phi) is 4.72. The molecule has 3 aromatic heterocycles. The van der Waals surface area contributed by atoms with Crippen molar-refractivity contribution in [2.75, 3.05) is 0 Å². The lowest BCUT2D eigenvalue weighted by Gasteiger charge is -2.19. The van der Waals surface area contributed by atoms with Gasteiger partial charge in [-0.05, 0) is 41.3 Å². The predicted octanol–water partition coefficient (Wildman–Crippen LogP) is 3.68.